The van der Waals surface area contributed by atoms with Crippen molar-refractivity contribution in [1.29, 1.82) is 0 Å². The van der Waals surface area contributed by atoms with Crippen LogP contribution in [0.4, 0.5) is 0 Å². The van der Waals surface area contributed by atoms with E-state index in [0.29, 0.717) is 36.9 Å². The molecule has 1 saturated heterocycles. The molecule has 1 atom stereocenters. The number of rotatable bonds is 11. The maximum Gasteiger partial charge on any atom is 0.251 e. The molecule has 0 radical (unpaired) electrons. The molecule has 3 N–H and O–H groups in total. The van der Waals surface area contributed by atoms with Gasteiger partial charge in [0.25, 0.3) is 5.91 Å². The predicted octanol–water partition coefficient (Wildman–Crippen LogP) is 7.41. The van der Waals surface area contributed by atoms with Crippen molar-refractivity contribution in [1.82, 2.24) is 15.1 Å². The number of likely N-dealkylation sites (tertiary alicyclic amines) is 1. The molecule has 1 unspecified atom stereocenters. The summed E-state index contributed by atoms with van der Waals surface area (Å²) in [6.07, 6.45) is 8.73. The van der Waals surface area contributed by atoms with Crippen molar-refractivity contribution in [3.05, 3.63) is 95.6 Å². The van der Waals surface area contributed by atoms with Gasteiger partial charge in [-0.25, -0.2) is 0 Å². The lowest BCUT2D eigenvalue weighted by Crippen LogP contribution is -2.48. The SMILES string of the molecule is CC(c1cccc(-c2ccccc2C(=O)NCCN)c1)N(C(=O)CC1CCCCC1)C1CCN(Cc2ccccc2)CC1.Cl.Cl. The minimum absolute atomic E-state index is 0. The standard InChI is InChI=1S/C37H48N4O2.2ClH/c1-28(31-15-10-16-32(26-31)34-17-8-9-18-35(34)37(43)39-22-21-38)41(36(42)25-29-11-4-2-5-12-29)33-19-23-40(24-20-33)27-30-13-6-3-7-14-30;;/h3,6-10,13-18,26,28-29,33H,2,4-5,11-12,19-25,27,38H2,1H3,(H,39,43);2*1H. The van der Waals surface area contributed by atoms with Crippen molar-refractivity contribution < 1.29 is 9.59 Å². The molecule has 244 valence electrons. The van der Waals surface area contributed by atoms with Gasteiger partial charge in [0, 0.05) is 50.7 Å². The van der Waals surface area contributed by atoms with Crippen molar-refractivity contribution in [2.75, 3.05) is 26.2 Å². The topological polar surface area (TPSA) is 78.7 Å². The Kier molecular flexibility index (Phi) is 14.9. The number of carbonyl (C=O) groups excluding carboxylic acids is 2. The summed E-state index contributed by atoms with van der Waals surface area (Å²) >= 11 is 0. The molecule has 1 heterocycles. The van der Waals surface area contributed by atoms with Crippen LogP contribution in [0.15, 0.2) is 78.9 Å². The van der Waals surface area contributed by atoms with Crippen LogP contribution in [0.25, 0.3) is 11.1 Å². The van der Waals surface area contributed by atoms with Gasteiger partial charge in [0.1, 0.15) is 0 Å². The van der Waals surface area contributed by atoms with Crippen molar-refractivity contribution in [2.24, 2.45) is 11.7 Å². The predicted molar refractivity (Wildman–Crippen MR) is 189 cm³/mol. The average Bonchev–Trinajstić information content (AvgIpc) is 3.05. The van der Waals surface area contributed by atoms with Crippen molar-refractivity contribution in [3.8, 4) is 11.1 Å². The van der Waals surface area contributed by atoms with Gasteiger partial charge in [-0.1, -0.05) is 86.0 Å². The maximum absolute atomic E-state index is 14.1. The second kappa shape index (κ2) is 18.3. The zero-order valence-corrected chi connectivity index (χ0v) is 28.2. The third-order valence-corrected chi connectivity index (χ3v) is 9.37. The van der Waals surface area contributed by atoms with E-state index in [9.17, 15) is 9.59 Å². The minimum Gasteiger partial charge on any atom is -0.351 e. The molecule has 1 aliphatic heterocycles. The molecule has 2 aliphatic rings. The Morgan fingerprint density at radius 2 is 1.58 bits per heavy atom. The fraction of sp³-hybridized carbons (Fsp3) is 0.459. The van der Waals surface area contributed by atoms with Crippen LogP contribution in [0.2, 0.25) is 0 Å². The van der Waals surface area contributed by atoms with E-state index in [4.69, 9.17) is 5.73 Å². The van der Waals surface area contributed by atoms with Crippen molar-refractivity contribution >= 4 is 36.6 Å². The number of amides is 2. The largest absolute Gasteiger partial charge is 0.351 e. The van der Waals surface area contributed by atoms with Crippen LogP contribution >= 0.6 is 24.8 Å². The quantitative estimate of drug-likeness (QED) is 0.226. The number of piperidine rings is 1. The van der Waals surface area contributed by atoms with Crippen LogP contribution in [-0.4, -0.2) is 53.8 Å². The van der Waals surface area contributed by atoms with E-state index in [1.807, 2.05) is 24.3 Å². The number of hydrogen-bond donors (Lipinski definition) is 2. The summed E-state index contributed by atoms with van der Waals surface area (Å²) in [7, 11) is 0. The lowest BCUT2D eigenvalue weighted by molar-refractivity contribution is -0.138. The zero-order chi connectivity index (χ0) is 30.0. The highest BCUT2D eigenvalue weighted by molar-refractivity contribution is 6.00. The Morgan fingerprint density at radius 1 is 0.889 bits per heavy atom. The zero-order valence-electron chi connectivity index (χ0n) is 26.5. The fourth-order valence-corrected chi connectivity index (χ4v) is 7.02. The number of halogens is 2. The summed E-state index contributed by atoms with van der Waals surface area (Å²) in [5, 5.41) is 2.91. The van der Waals surface area contributed by atoms with Crippen molar-refractivity contribution in [2.45, 2.75) is 76.9 Å². The number of nitrogens with one attached hydrogen (secondary N) is 1. The Hall–Kier alpha value is -2.90. The van der Waals surface area contributed by atoms with Crippen LogP contribution in [0, 0.1) is 5.92 Å². The smallest absolute Gasteiger partial charge is 0.251 e. The lowest BCUT2D eigenvalue weighted by atomic mass is 9.86. The van der Waals surface area contributed by atoms with E-state index in [1.54, 1.807) is 0 Å². The molecule has 45 heavy (non-hydrogen) atoms. The second-order valence-corrected chi connectivity index (χ2v) is 12.4. The average molecular weight is 654 g/mol. The number of carbonyl (C=O) groups is 2. The van der Waals surface area contributed by atoms with E-state index in [-0.39, 0.29) is 42.8 Å². The molecule has 3 aromatic carbocycles. The molecule has 0 spiro atoms. The van der Waals surface area contributed by atoms with E-state index < -0.39 is 0 Å². The summed E-state index contributed by atoms with van der Waals surface area (Å²) in [6, 6.07) is 27.0. The number of nitrogens with two attached hydrogens (primary N) is 1. The van der Waals surface area contributed by atoms with Crippen molar-refractivity contribution in [3.63, 3.8) is 0 Å². The summed E-state index contributed by atoms with van der Waals surface area (Å²) in [5.41, 5.74) is 10.6. The monoisotopic (exact) mass is 652 g/mol. The number of benzene rings is 3. The first-order valence-electron chi connectivity index (χ1n) is 16.3. The highest BCUT2D eigenvalue weighted by Crippen LogP contribution is 2.34. The lowest BCUT2D eigenvalue weighted by Gasteiger charge is -2.42. The van der Waals surface area contributed by atoms with Crippen LogP contribution in [0.1, 0.15) is 85.8 Å². The summed E-state index contributed by atoms with van der Waals surface area (Å²) in [6.45, 7) is 5.96. The normalized spacial score (nSPS) is 16.6. The molecule has 5 rings (SSSR count). The molecule has 1 aliphatic carbocycles. The fourth-order valence-electron chi connectivity index (χ4n) is 7.02. The third-order valence-electron chi connectivity index (χ3n) is 9.37. The van der Waals surface area contributed by atoms with E-state index in [0.717, 1.165) is 49.2 Å². The highest BCUT2D eigenvalue weighted by Gasteiger charge is 2.33. The Labute approximate surface area is 282 Å². The van der Waals surface area contributed by atoms with Gasteiger partial charge in [-0.3, -0.25) is 14.5 Å². The Morgan fingerprint density at radius 3 is 2.29 bits per heavy atom. The van der Waals surface area contributed by atoms with Gasteiger partial charge >= 0.3 is 0 Å². The Bertz CT molecular complexity index is 1340. The van der Waals surface area contributed by atoms with Crippen LogP contribution in [0.3, 0.4) is 0 Å². The highest BCUT2D eigenvalue weighted by atomic mass is 35.5. The molecule has 6 nitrogen and oxygen atoms in total. The number of nitrogens with zero attached hydrogens (tertiary/aromatic N) is 2. The molecule has 8 heteroatoms. The van der Waals surface area contributed by atoms with Gasteiger partial charge in [0.15, 0.2) is 0 Å². The molecule has 1 saturated carbocycles. The van der Waals surface area contributed by atoms with Gasteiger partial charge in [-0.2, -0.15) is 0 Å². The van der Waals surface area contributed by atoms with Gasteiger partial charge in [0.2, 0.25) is 5.91 Å². The third kappa shape index (κ3) is 9.79. The summed E-state index contributed by atoms with van der Waals surface area (Å²) < 4.78 is 0. The summed E-state index contributed by atoms with van der Waals surface area (Å²) in [5.74, 6) is 0.679. The molecular formula is C37H50Cl2N4O2. The molecule has 0 bridgehead atoms. The maximum atomic E-state index is 14.1. The van der Waals surface area contributed by atoms with Crippen LogP contribution < -0.4 is 11.1 Å². The molecule has 2 amide bonds. The summed E-state index contributed by atoms with van der Waals surface area (Å²) in [4.78, 5) is 31.8. The van der Waals surface area contributed by atoms with Gasteiger partial charge < -0.3 is 16.0 Å². The second-order valence-electron chi connectivity index (χ2n) is 12.4. The first-order chi connectivity index (χ1) is 21.0. The van der Waals surface area contributed by atoms with Gasteiger partial charge in [0.05, 0.1) is 6.04 Å². The van der Waals surface area contributed by atoms with E-state index >= 15 is 0 Å². The first-order valence-corrected chi connectivity index (χ1v) is 16.3. The van der Waals surface area contributed by atoms with E-state index in [1.165, 1.54) is 37.7 Å². The molecule has 3 aromatic rings. The van der Waals surface area contributed by atoms with E-state index in [2.05, 4.69) is 76.6 Å². The first kappa shape index (κ1) is 36.6. The Balaban J connectivity index is 0.00000276. The van der Waals surface area contributed by atoms with Crippen LogP contribution in [-0.2, 0) is 11.3 Å². The molecule has 2 fully saturated rings. The number of hydrogen-bond acceptors (Lipinski definition) is 4. The van der Waals surface area contributed by atoms with Gasteiger partial charge in [-0.15, -0.1) is 24.8 Å². The van der Waals surface area contributed by atoms with Crippen LogP contribution in [0.5, 0.6) is 0 Å². The minimum atomic E-state index is -0.119. The van der Waals surface area contributed by atoms with Gasteiger partial charge in [-0.05, 0) is 72.9 Å². The molecular weight excluding hydrogens is 603 g/mol. The molecule has 0 aromatic heterocycles.